The molecule has 1 atom stereocenters. The molecular formula is C17H18O4S. The fraction of sp³-hybridized carbons (Fsp3) is 0.294. The molecule has 3 rings (SSSR count). The Balaban J connectivity index is 1.91. The van der Waals surface area contributed by atoms with E-state index in [1.54, 1.807) is 32.0 Å². The summed E-state index contributed by atoms with van der Waals surface area (Å²) in [5.41, 5.74) is 2.05. The molecular weight excluding hydrogens is 300 g/mol. The topological polar surface area (TPSA) is 47.9 Å². The molecule has 1 aliphatic rings. The number of hydrogen-bond acceptors (Lipinski definition) is 5. The lowest BCUT2D eigenvalue weighted by Gasteiger charge is -2.28. The molecule has 0 aromatic heterocycles. The number of phenols is 1. The van der Waals surface area contributed by atoms with Gasteiger partial charge in [0, 0.05) is 5.75 Å². The van der Waals surface area contributed by atoms with Crippen molar-refractivity contribution in [1.82, 2.24) is 0 Å². The van der Waals surface area contributed by atoms with Gasteiger partial charge < -0.3 is 19.3 Å². The SMILES string of the molecule is COc1ccc(C2CSc3c(O)c(OC)cc(C)c3O2)cc1. The van der Waals surface area contributed by atoms with E-state index in [-0.39, 0.29) is 11.9 Å². The van der Waals surface area contributed by atoms with E-state index >= 15 is 0 Å². The summed E-state index contributed by atoms with van der Waals surface area (Å²) in [5.74, 6) is 2.93. The van der Waals surface area contributed by atoms with E-state index in [1.807, 2.05) is 31.2 Å². The Labute approximate surface area is 134 Å². The monoisotopic (exact) mass is 318 g/mol. The van der Waals surface area contributed by atoms with Gasteiger partial charge in [-0.3, -0.25) is 0 Å². The molecule has 5 heteroatoms. The summed E-state index contributed by atoms with van der Waals surface area (Å²) in [6, 6.07) is 9.67. The summed E-state index contributed by atoms with van der Waals surface area (Å²) >= 11 is 1.59. The number of phenolic OH excluding ortho intramolecular Hbond substituents is 1. The van der Waals surface area contributed by atoms with E-state index in [1.165, 1.54) is 0 Å². The number of fused-ring (bicyclic) bond motifs is 1. The van der Waals surface area contributed by atoms with Gasteiger partial charge >= 0.3 is 0 Å². The van der Waals surface area contributed by atoms with E-state index in [2.05, 4.69) is 0 Å². The van der Waals surface area contributed by atoms with Crippen molar-refractivity contribution in [3.8, 4) is 23.0 Å². The molecule has 0 spiro atoms. The lowest BCUT2D eigenvalue weighted by molar-refractivity contribution is 0.215. The predicted octanol–water partition coefficient (Wildman–Crippen LogP) is 3.94. The first kappa shape index (κ1) is 14.9. The minimum atomic E-state index is -0.0464. The molecule has 1 unspecified atom stereocenters. The third kappa shape index (κ3) is 2.57. The number of aryl methyl sites for hydroxylation is 1. The third-order valence-electron chi connectivity index (χ3n) is 3.71. The molecule has 0 saturated carbocycles. The van der Waals surface area contributed by atoms with E-state index in [0.717, 1.165) is 33.3 Å². The summed E-state index contributed by atoms with van der Waals surface area (Å²) in [4.78, 5) is 0.751. The molecule has 0 bridgehead atoms. The summed E-state index contributed by atoms with van der Waals surface area (Å²) in [6.45, 7) is 1.96. The lowest BCUT2D eigenvalue weighted by atomic mass is 10.1. The molecule has 1 heterocycles. The van der Waals surface area contributed by atoms with Crippen LogP contribution in [0.5, 0.6) is 23.0 Å². The second-order valence-corrected chi connectivity index (χ2v) is 6.12. The number of aromatic hydroxyl groups is 1. The normalized spacial score (nSPS) is 16.6. The van der Waals surface area contributed by atoms with Gasteiger partial charge in [0.05, 0.1) is 19.1 Å². The molecule has 22 heavy (non-hydrogen) atoms. The molecule has 0 fully saturated rings. The zero-order chi connectivity index (χ0) is 15.7. The second kappa shape index (κ2) is 6.01. The van der Waals surface area contributed by atoms with Crippen molar-refractivity contribution < 1.29 is 19.3 Å². The van der Waals surface area contributed by atoms with Crippen molar-refractivity contribution in [2.75, 3.05) is 20.0 Å². The number of methoxy groups -OCH3 is 2. The molecule has 2 aromatic carbocycles. The average molecular weight is 318 g/mol. The molecule has 2 aromatic rings. The number of thioether (sulfide) groups is 1. The Kier molecular flexibility index (Phi) is 4.07. The molecule has 0 saturated heterocycles. The standard InChI is InChI=1S/C17H18O4S/c1-10-8-13(20-3)15(18)17-16(10)21-14(9-22-17)11-4-6-12(19-2)7-5-11/h4-8,14,18H,9H2,1-3H3. The first-order valence-corrected chi connectivity index (χ1v) is 7.96. The number of rotatable bonds is 3. The highest BCUT2D eigenvalue weighted by Gasteiger charge is 2.27. The minimum absolute atomic E-state index is 0.0464. The van der Waals surface area contributed by atoms with Crippen LogP contribution in [0, 0.1) is 6.92 Å². The van der Waals surface area contributed by atoms with Crippen LogP contribution in [0.15, 0.2) is 35.2 Å². The van der Waals surface area contributed by atoms with Crippen LogP contribution in [0.3, 0.4) is 0 Å². The van der Waals surface area contributed by atoms with Gasteiger partial charge in [0.15, 0.2) is 11.5 Å². The lowest BCUT2D eigenvalue weighted by Crippen LogP contribution is -2.15. The fourth-order valence-corrected chi connectivity index (χ4v) is 3.64. The Morgan fingerprint density at radius 3 is 2.55 bits per heavy atom. The van der Waals surface area contributed by atoms with Gasteiger partial charge in [0.2, 0.25) is 0 Å². The number of hydrogen-bond donors (Lipinski definition) is 1. The van der Waals surface area contributed by atoms with Gasteiger partial charge in [-0.15, -0.1) is 11.8 Å². The highest BCUT2D eigenvalue weighted by Crippen LogP contribution is 2.50. The van der Waals surface area contributed by atoms with E-state index in [9.17, 15) is 5.11 Å². The van der Waals surface area contributed by atoms with E-state index in [4.69, 9.17) is 14.2 Å². The van der Waals surface area contributed by atoms with Crippen molar-refractivity contribution in [1.29, 1.82) is 0 Å². The number of benzene rings is 2. The fourth-order valence-electron chi connectivity index (χ4n) is 2.48. The van der Waals surface area contributed by atoms with Crippen LogP contribution < -0.4 is 14.2 Å². The average Bonchev–Trinajstić information content (AvgIpc) is 2.57. The third-order valence-corrected chi connectivity index (χ3v) is 4.84. The second-order valence-electron chi connectivity index (χ2n) is 5.09. The molecule has 1 N–H and O–H groups in total. The van der Waals surface area contributed by atoms with Crippen LogP contribution in [0.4, 0.5) is 0 Å². The summed E-state index contributed by atoms with van der Waals surface area (Å²) in [6.07, 6.45) is -0.0464. The zero-order valence-electron chi connectivity index (χ0n) is 12.8. The molecule has 0 radical (unpaired) electrons. The summed E-state index contributed by atoms with van der Waals surface area (Å²) in [5, 5.41) is 10.2. The van der Waals surface area contributed by atoms with E-state index in [0.29, 0.717) is 5.75 Å². The maximum absolute atomic E-state index is 10.2. The van der Waals surface area contributed by atoms with Crippen molar-refractivity contribution in [3.63, 3.8) is 0 Å². The highest BCUT2D eigenvalue weighted by molar-refractivity contribution is 7.99. The molecule has 0 amide bonds. The van der Waals surface area contributed by atoms with Crippen molar-refractivity contribution in [3.05, 3.63) is 41.5 Å². The molecule has 4 nitrogen and oxygen atoms in total. The van der Waals surface area contributed by atoms with Crippen molar-refractivity contribution in [2.24, 2.45) is 0 Å². The Bertz CT molecular complexity index is 682. The van der Waals surface area contributed by atoms with Crippen LogP contribution >= 0.6 is 11.8 Å². The van der Waals surface area contributed by atoms with Gasteiger partial charge in [-0.25, -0.2) is 0 Å². The number of ether oxygens (including phenoxy) is 3. The van der Waals surface area contributed by atoms with Gasteiger partial charge in [0.1, 0.15) is 17.6 Å². The first-order valence-electron chi connectivity index (χ1n) is 6.98. The quantitative estimate of drug-likeness (QED) is 0.929. The predicted molar refractivity (Wildman–Crippen MR) is 86.5 cm³/mol. The molecule has 0 aliphatic carbocycles. The van der Waals surface area contributed by atoms with Crippen molar-refractivity contribution >= 4 is 11.8 Å². The Hall–Kier alpha value is -2.01. The van der Waals surface area contributed by atoms with Crippen LogP contribution in [0.1, 0.15) is 17.2 Å². The van der Waals surface area contributed by atoms with Gasteiger partial charge in [-0.05, 0) is 36.2 Å². The molecule has 116 valence electrons. The van der Waals surface area contributed by atoms with Crippen LogP contribution in [0.2, 0.25) is 0 Å². The van der Waals surface area contributed by atoms with Crippen LogP contribution in [-0.4, -0.2) is 25.1 Å². The molecule has 1 aliphatic heterocycles. The van der Waals surface area contributed by atoms with Crippen molar-refractivity contribution in [2.45, 2.75) is 17.9 Å². The summed E-state index contributed by atoms with van der Waals surface area (Å²) in [7, 11) is 3.20. The largest absolute Gasteiger partial charge is 0.503 e. The first-order chi connectivity index (χ1) is 10.6. The van der Waals surface area contributed by atoms with E-state index < -0.39 is 0 Å². The maximum atomic E-state index is 10.2. The van der Waals surface area contributed by atoms with Crippen LogP contribution in [0.25, 0.3) is 0 Å². The van der Waals surface area contributed by atoms with Gasteiger partial charge in [-0.2, -0.15) is 0 Å². The zero-order valence-corrected chi connectivity index (χ0v) is 13.6. The Morgan fingerprint density at radius 2 is 1.91 bits per heavy atom. The summed E-state index contributed by atoms with van der Waals surface area (Å²) < 4.78 is 16.5. The van der Waals surface area contributed by atoms with Crippen LogP contribution in [-0.2, 0) is 0 Å². The van der Waals surface area contributed by atoms with Gasteiger partial charge in [0.25, 0.3) is 0 Å². The highest BCUT2D eigenvalue weighted by atomic mass is 32.2. The minimum Gasteiger partial charge on any atom is -0.503 e. The Morgan fingerprint density at radius 1 is 1.18 bits per heavy atom. The maximum Gasteiger partial charge on any atom is 0.175 e. The smallest absolute Gasteiger partial charge is 0.175 e. The van der Waals surface area contributed by atoms with Gasteiger partial charge in [-0.1, -0.05) is 12.1 Å².